The molecule has 0 unspecified atom stereocenters. The van der Waals surface area contributed by atoms with Crippen molar-refractivity contribution in [1.29, 1.82) is 0 Å². The fourth-order valence-electron chi connectivity index (χ4n) is 2.67. The van der Waals surface area contributed by atoms with Gasteiger partial charge in [0.15, 0.2) is 0 Å². The molecular formula is C23H22F3NO2. The first-order valence-corrected chi connectivity index (χ1v) is 9.10. The fourth-order valence-corrected chi connectivity index (χ4v) is 2.67. The minimum absolute atomic E-state index is 0.106. The van der Waals surface area contributed by atoms with Gasteiger partial charge < -0.3 is 14.8 Å². The normalized spacial score (nSPS) is 11.8. The van der Waals surface area contributed by atoms with Crippen LogP contribution in [0.4, 0.5) is 24.5 Å². The molecule has 152 valence electrons. The van der Waals surface area contributed by atoms with E-state index in [0.717, 1.165) is 11.4 Å². The van der Waals surface area contributed by atoms with Crippen LogP contribution in [-0.2, 0) is 5.41 Å². The van der Waals surface area contributed by atoms with Gasteiger partial charge in [-0.3, -0.25) is 0 Å². The number of nitrogens with one attached hydrogen (secondary N) is 1. The second-order valence-electron chi connectivity index (χ2n) is 7.60. The molecule has 6 heteroatoms. The average molecular weight is 401 g/mol. The summed E-state index contributed by atoms with van der Waals surface area (Å²) in [5.41, 5.74) is 3.24. The van der Waals surface area contributed by atoms with Crippen molar-refractivity contribution in [1.82, 2.24) is 0 Å². The third-order valence-corrected chi connectivity index (χ3v) is 4.19. The van der Waals surface area contributed by atoms with E-state index in [1.54, 1.807) is 12.1 Å². The Hall–Kier alpha value is -3.15. The van der Waals surface area contributed by atoms with E-state index in [2.05, 4.69) is 43.0 Å². The van der Waals surface area contributed by atoms with Crippen molar-refractivity contribution >= 4 is 11.4 Å². The van der Waals surface area contributed by atoms with Crippen molar-refractivity contribution in [2.24, 2.45) is 0 Å². The highest BCUT2D eigenvalue weighted by atomic mass is 19.4. The Morgan fingerprint density at radius 1 is 0.621 bits per heavy atom. The van der Waals surface area contributed by atoms with Crippen LogP contribution in [0.3, 0.4) is 0 Å². The number of ether oxygens (including phenoxy) is 2. The molecule has 3 nitrogen and oxygen atoms in total. The molecule has 0 amide bonds. The topological polar surface area (TPSA) is 30.5 Å². The van der Waals surface area contributed by atoms with Gasteiger partial charge in [0.1, 0.15) is 17.2 Å². The lowest BCUT2D eigenvalue weighted by Crippen LogP contribution is -2.16. The molecule has 1 N–H and O–H groups in total. The molecule has 0 bridgehead atoms. The first kappa shape index (κ1) is 20.6. The maximum absolute atomic E-state index is 12.2. The van der Waals surface area contributed by atoms with E-state index in [0.29, 0.717) is 11.5 Å². The number of rotatable bonds is 5. The molecule has 0 aromatic heterocycles. The van der Waals surface area contributed by atoms with Gasteiger partial charge in [-0.15, -0.1) is 13.2 Å². The highest BCUT2D eigenvalue weighted by Gasteiger charge is 2.30. The van der Waals surface area contributed by atoms with Crippen molar-refractivity contribution in [3.8, 4) is 17.2 Å². The monoisotopic (exact) mass is 401 g/mol. The minimum atomic E-state index is -4.71. The van der Waals surface area contributed by atoms with E-state index in [-0.39, 0.29) is 11.2 Å². The van der Waals surface area contributed by atoms with Crippen LogP contribution in [0.15, 0.2) is 72.8 Å². The molecule has 0 atom stereocenters. The summed E-state index contributed by atoms with van der Waals surface area (Å²) in [5.74, 6) is 0.697. The van der Waals surface area contributed by atoms with Gasteiger partial charge in [-0.1, -0.05) is 32.9 Å². The zero-order valence-corrected chi connectivity index (χ0v) is 16.4. The lowest BCUT2D eigenvalue weighted by atomic mass is 9.87. The van der Waals surface area contributed by atoms with Gasteiger partial charge in [0.2, 0.25) is 0 Å². The lowest BCUT2D eigenvalue weighted by molar-refractivity contribution is -0.274. The van der Waals surface area contributed by atoms with Gasteiger partial charge >= 0.3 is 6.36 Å². The Bertz CT molecular complexity index is 926. The maximum atomic E-state index is 12.2. The second-order valence-corrected chi connectivity index (χ2v) is 7.60. The Labute approximate surface area is 168 Å². The van der Waals surface area contributed by atoms with Crippen molar-refractivity contribution in [3.63, 3.8) is 0 Å². The van der Waals surface area contributed by atoms with E-state index in [1.165, 1.54) is 29.8 Å². The number of benzene rings is 3. The standard InChI is InChI=1S/C23H22F3NO2/c1-22(2,3)16-4-6-17(7-5-16)27-18-8-10-19(11-9-18)28-20-12-14-21(15-13-20)29-23(24,25)26/h4-15,27H,1-3H3. The Morgan fingerprint density at radius 2 is 1.03 bits per heavy atom. The lowest BCUT2D eigenvalue weighted by Gasteiger charge is -2.19. The van der Waals surface area contributed by atoms with Gasteiger partial charge in [-0.25, -0.2) is 0 Å². The molecule has 0 aliphatic rings. The zero-order valence-electron chi connectivity index (χ0n) is 16.4. The van der Waals surface area contributed by atoms with Crippen LogP contribution in [-0.4, -0.2) is 6.36 Å². The summed E-state index contributed by atoms with van der Waals surface area (Å²) in [6, 6.07) is 20.8. The summed E-state index contributed by atoms with van der Waals surface area (Å²) >= 11 is 0. The van der Waals surface area contributed by atoms with Crippen LogP contribution in [0.1, 0.15) is 26.3 Å². The first-order valence-electron chi connectivity index (χ1n) is 9.10. The molecule has 0 saturated carbocycles. The van der Waals surface area contributed by atoms with Crippen LogP contribution in [0.2, 0.25) is 0 Å². The molecule has 0 heterocycles. The number of alkyl halides is 3. The number of anilines is 2. The van der Waals surface area contributed by atoms with Crippen molar-refractivity contribution in [3.05, 3.63) is 78.4 Å². The highest BCUT2D eigenvalue weighted by molar-refractivity contribution is 5.61. The van der Waals surface area contributed by atoms with E-state index >= 15 is 0 Å². The molecule has 3 aromatic carbocycles. The summed E-state index contributed by atoms with van der Waals surface area (Å²) in [4.78, 5) is 0. The van der Waals surface area contributed by atoms with Gasteiger partial charge in [0, 0.05) is 11.4 Å². The van der Waals surface area contributed by atoms with Crippen LogP contribution in [0.25, 0.3) is 0 Å². The minimum Gasteiger partial charge on any atom is -0.457 e. The quantitative estimate of drug-likeness (QED) is 0.482. The van der Waals surface area contributed by atoms with Crippen LogP contribution in [0, 0.1) is 0 Å². The molecule has 0 aliphatic heterocycles. The summed E-state index contributed by atoms with van der Waals surface area (Å²) in [7, 11) is 0. The van der Waals surface area contributed by atoms with E-state index in [1.807, 2.05) is 24.3 Å². The third-order valence-electron chi connectivity index (χ3n) is 4.19. The zero-order chi connectivity index (χ0) is 21.1. The van der Waals surface area contributed by atoms with Crippen molar-refractivity contribution < 1.29 is 22.6 Å². The van der Waals surface area contributed by atoms with E-state index in [9.17, 15) is 13.2 Å². The largest absolute Gasteiger partial charge is 0.573 e. The summed E-state index contributed by atoms with van der Waals surface area (Å²) in [5, 5.41) is 3.32. The molecule has 0 saturated heterocycles. The maximum Gasteiger partial charge on any atom is 0.573 e. The molecular weight excluding hydrogens is 379 g/mol. The van der Waals surface area contributed by atoms with Gasteiger partial charge in [0.25, 0.3) is 0 Å². The fraction of sp³-hybridized carbons (Fsp3) is 0.217. The molecule has 0 fully saturated rings. The van der Waals surface area contributed by atoms with Gasteiger partial charge in [-0.2, -0.15) is 0 Å². The third kappa shape index (κ3) is 6.17. The van der Waals surface area contributed by atoms with E-state index < -0.39 is 6.36 Å². The average Bonchev–Trinajstić information content (AvgIpc) is 2.63. The molecule has 0 aliphatic carbocycles. The smallest absolute Gasteiger partial charge is 0.457 e. The van der Waals surface area contributed by atoms with Gasteiger partial charge in [0.05, 0.1) is 0 Å². The van der Waals surface area contributed by atoms with Gasteiger partial charge in [-0.05, 0) is 71.6 Å². The molecule has 29 heavy (non-hydrogen) atoms. The predicted octanol–water partition coefficient (Wildman–Crippen LogP) is 7.42. The van der Waals surface area contributed by atoms with E-state index in [4.69, 9.17) is 4.74 Å². The molecule has 0 spiro atoms. The van der Waals surface area contributed by atoms with Crippen LogP contribution < -0.4 is 14.8 Å². The number of halogens is 3. The Kier molecular flexibility index (Phi) is 5.73. The molecule has 3 rings (SSSR count). The number of hydrogen-bond donors (Lipinski definition) is 1. The van der Waals surface area contributed by atoms with Crippen molar-refractivity contribution in [2.75, 3.05) is 5.32 Å². The van der Waals surface area contributed by atoms with Crippen molar-refractivity contribution in [2.45, 2.75) is 32.5 Å². The Balaban J connectivity index is 1.60. The number of hydrogen-bond acceptors (Lipinski definition) is 3. The molecule has 3 aromatic rings. The summed E-state index contributed by atoms with van der Waals surface area (Å²) in [6.45, 7) is 6.52. The molecule has 0 radical (unpaired) electrons. The van der Waals surface area contributed by atoms with Crippen LogP contribution >= 0.6 is 0 Å². The summed E-state index contributed by atoms with van der Waals surface area (Å²) < 4.78 is 46.1. The SMILES string of the molecule is CC(C)(C)c1ccc(Nc2ccc(Oc3ccc(OC(F)(F)F)cc3)cc2)cc1. The van der Waals surface area contributed by atoms with Crippen LogP contribution in [0.5, 0.6) is 17.2 Å². The highest BCUT2D eigenvalue weighted by Crippen LogP contribution is 2.29. The first-order chi connectivity index (χ1) is 13.6. The second kappa shape index (κ2) is 8.07. The summed E-state index contributed by atoms with van der Waals surface area (Å²) in [6.07, 6.45) is -4.71. The predicted molar refractivity (Wildman–Crippen MR) is 108 cm³/mol. The Morgan fingerprint density at radius 3 is 1.48 bits per heavy atom.